The van der Waals surface area contributed by atoms with Crippen LogP contribution in [0, 0.1) is 5.41 Å². The van der Waals surface area contributed by atoms with Gasteiger partial charge in [-0.3, -0.25) is 4.79 Å². The summed E-state index contributed by atoms with van der Waals surface area (Å²) in [5.41, 5.74) is 1.75. The molecule has 0 atom stereocenters. The molecular formula is C21H26O3S. The highest BCUT2D eigenvalue weighted by atomic mass is 32.2. The highest BCUT2D eigenvalue weighted by Crippen LogP contribution is 2.35. The summed E-state index contributed by atoms with van der Waals surface area (Å²) in [5, 5.41) is 0. The molecule has 134 valence electrons. The van der Waals surface area contributed by atoms with Gasteiger partial charge in [-0.15, -0.1) is 11.8 Å². The molecule has 0 N–H and O–H groups in total. The smallest absolute Gasteiger partial charge is 0.311 e. The molecule has 0 spiro atoms. The molecule has 0 unspecified atom stereocenters. The molecule has 25 heavy (non-hydrogen) atoms. The van der Waals surface area contributed by atoms with Crippen molar-refractivity contribution in [3.8, 4) is 22.6 Å². The van der Waals surface area contributed by atoms with Crippen LogP contribution in [0.25, 0.3) is 11.1 Å². The lowest BCUT2D eigenvalue weighted by Gasteiger charge is -2.18. The largest absolute Gasteiger partial charge is 0.497 e. The number of hydrogen-bond acceptors (Lipinski definition) is 4. The van der Waals surface area contributed by atoms with Gasteiger partial charge < -0.3 is 9.47 Å². The molecule has 0 radical (unpaired) electrons. The molecule has 0 aliphatic heterocycles. The molecule has 2 rings (SSSR count). The predicted octanol–water partition coefficient (Wildman–Crippen LogP) is 5.82. The van der Waals surface area contributed by atoms with E-state index in [2.05, 4.69) is 19.1 Å². The molecule has 0 bridgehead atoms. The van der Waals surface area contributed by atoms with E-state index >= 15 is 0 Å². The van der Waals surface area contributed by atoms with Crippen molar-refractivity contribution >= 4 is 17.7 Å². The SMILES string of the molecule is CCSc1ccc(-c2cc(OC)ccc2OC(=O)CC(C)(C)C)cc1. The Bertz CT molecular complexity index is 715. The van der Waals surface area contributed by atoms with Gasteiger partial charge in [-0.05, 0) is 47.1 Å². The summed E-state index contributed by atoms with van der Waals surface area (Å²) < 4.78 is 11.0. The molecular weight excluding hydrogens is 332 g/mol. The van der Waals surface area contributed by atoms with Gasteiger partial charge >= 0.3 is 5.97 Å². The van der Waals surface area contributed by atoms with Crippen LogP contribution in [0.1, 0.15) is 34.1 Å². The summed E-state index contributed by atoms with van der Waals surface area (Å²) in [6.07, 6.45) is 0.366. The number of hydrogen-bond donors (Lipinski definition) is 0. The van der Waals surface area contributed by atoms with Crippen LogP contribution < -0.4 is 9.47 Å². The van der Waals surface area contributed by atoms with Crippen molar-refractivity contribution < 1.29 is 14.3 Å². The van der Waals surface area contributed by atoms with E-state index in [-0.39, 0.29) is 11.4 Å². The lowest BCUT2D eigenvalue weighted by molar-refractivity contribution is -0.136. The zero-order valence-electron chi connectivity index (χ0n) is 15.6. The number of ether oxygens (including phenoxy) is 2. The van der Waals surface area contributed by atoms with Gasteiger partial charge in [0.25, 0.3) is 0 Å². The Morgan fingerprint density at radius 2 is 1.76 bits per heavy atom. The topological polar surface area (TPSA) is 35.5 Å². The lowest BCUT2D eigenvalue weighted by atomic mass is 9.92. The Balaban J connectivity index is 2.32. The minimum absolute atomic E-state index is 0.108. The van der Waals surface area contributed by atoms with Crippen LogP contribution >= 0.6 is 11.8 Å². The molecule has 2 aromatic carbocycles. The molecule has 2 aromatic rings. The first-order valence-electron chi connectivity index (χ1n) is 8.44. The minimum atomic E-state index is -0.225. The Morgan fingerprint density at radius 1 is 1.08 bits per heavy atom. The zero-order valence-corrected chi connectivity index (χ0v) is 16.4. The van der Waals surface area contributed by atoms with Gasteiger partial charge in [0.2, 0.25) is 0 Å². The van der Waals surface area contributed by atoms with Gasteiger partial charge in [-0.2, -0.15) is 0 Å². The average molecular weight is 359 g/mol. The minimum Gasteiger partial charge on any atom is -0.497 e. The highest BCUT2D eigenvalue weighted by molar-refractivity contribution is 7.99. The lowest BCUT2D eigenvalue weighted by Crippen LogP contribution is -2.17. The Morgan fingerprint density at radius 3 is 2.32 bits per heavy atom. The van der Waals surface area contributed by atoms with Crippen LogP contribution in [-0.4, -0.2) is 18.8 Å². The fourth-order valence-corrected chi connectivity index (χ4v) is 3.10. The highest BCUT2D eigenvalue weighted by Gasteiger charge is 2.19. The van der Waals surface area contributed by atoms with E-state index in [0.29, 0.717) is 12.2 Å². The van der Waals surface area contributed by atoms with Crippen molar-refractivity contribution in [2.24, 2.45) is 5.41 Å². The monoisotopic (exact) mass is 358 g/mol. The molecule has 0 saturated carbocycles. The van der Waals surface area contributed by atoms with Crippen molar-refractivity contribution in [3.63, 3.8) is 0 Å². The first-order chi connectivity index (χ1) is 11.8. The molecule has 0 aliphatic carbocycles. The van der Waals surface area contributed by atoms with Gasteiger partial charge in [0.1, 0.15) is 11.5 Å². The van der Waals surface area contributed by atoms with Crippen molar-refractivity contribution in [1.29, 1.82) is 0 Å². The quantitative estimate of drug-likeness (QED) is 0.370. The fourth-order valence-electron chi connectivity index (χ4n) is 2.44. The van der Waals surface area contributed by atoms with Gasteiger partial charge in [0, 0.05) is 10.5 Å². The second-order valence-corrected chi connectivity index (χ2v) is 8.37. The fraction of sp³-hybridized carbons (Fsp3) is 0.381. The van der Waals surface area contributed by atoms with Gasteiger partial charge in [0.15, 0.2) is 0 Å². The second kappa shape index (κ2) is 8.43. The standard InChI is InChI=1S/C21H26O3S/c1-6-25-17-10-7-15(8-11-17)18-13-16(23-5)9-12-19(18)24-20(22)14-21(2,3)4/h7-13H,6,14H2,1-5H3. The molecule has 0 fully saturated rings. The van der Waals surface area contributed by atoms with Gasteiger partial charge in [-0.25, -0.2) is 0 Å². The number of rotatable bonds is 6. The van der Waals surface area contributed by atoms with Crippen molar-refractivity contribution in [2.75, 3.05) is 12.9 Å². The molecule has 0 amide bonds. The second-order valence-electron chi connectivity index (χ2n) is 7.03. The predicted molar refractivity (Wildman–Crippen MR) is 105 cm³/mol. The first-order valence-corrected chi connectivity index (χ1v) is 9.43. The molecule has 0 aromatic heterocycles. The van der Waals surface area contributed by atoms with E-state index in [1.807, 2.05) is 45.0 Å². The molecule has 0 heterocycles. The summed E-state index contributed by atoms with van der Waals surface area (Å²) in [7, 11) is 1.63. The van der Waals surface area contributed by atoms with Crippen molar-refractivity contribution in [3.05, 3.63) is 42.5 Å². The third-order valence-electron chi connectivity index (χ3n) is 3.56. The maximum Gasteiger partial charge on any atom is 0.311 e. The molecule has 3 nitrogen and oxygen atoms in total. The van der Waals surface area contributed by atoms with Crippen LogP contribution in [0.5, 0.6) is 11.5 Å². The van der Waals surface area contributed by atoms with Crippen LogP contribution in [0.15, 0.2) is 47.4 Å². The van der Waals surface area contributed by atoms with Gasteiger partial charge in [0.05, 0.1) is 13.5 Å². The summed E-state index contributed by atoms with van der Waals surface area (Å²) in [6.45, 7) is 8.20. The number of esters is 1. The van der Waals surface area contributed by atoms with E-state index in [1.165, 1.54) is 4.90 Å². The average Bonchev–Trinajstić information content (AvgIpc) is 2.54. The Hall–Kier alpha value is -1.94. The summed E-state index contributed by atoms with van der Waals surface area (Å²) >= 11 is 1.80. The number of methoxy groups -OCH3 is 1. The van der Waals surface area contributed by atoms with E-state index in [1.54, 1.807) is 24.9 Å². The Labute approximate surface area is 154 Å². The van der Waals surface area contributed by atoms with Crippen molar-refractivity contribution in [1.82, 2.24) is 0 Å². The van der Waals surface area contributed by atoms with Crippen molar-refractivity contribution in [2.45, 2.75) is 39.0 Å². The van der Waals surface area contributed by atoms with Crippen LogP contribution in [0.4, 0.5) is 0 Å². The molecule has 0 aliphatic rings. The third kappa shape index (κ3) is 5.82. The van der Waals surface area contributed by atoms with E-state index < -0.39 is 0 Å². The maximum atomic E-state index is 12.2. The summed E-state index contributed by atoms with van der Waals surface area (Å²) in [4.78, 5) is 13.5. The number of carbonyl (C=O) groups excluding carboxylic acids is 1. The number of carbonyl (C=O) groups is 1. The van der Waals surface area contributed by atoms with Crippen LogP contribution in [0.3, 0.4) is 0 Å². The third-order valence-corrected chi connectivity index (χ3v) is 4.46. The maximum absolute atomic E-state index is 12.2. The van der Waals surface area contributed by atoms with Gasteiger partial charge in [-0.1, -0.05) is 39.8 Å². The van der Waals surface area contributed by atoms with E-state index in [0.717, 1.165) is 22.6 Å². The molecule has 4 heteroatoms. The Kier molecular flexibility index (Phi) is 6.54. The number of benzene rings is 2. The van der Waals surface area contributed by atoms with Crippen LogP contribution in [0.2, 0.25) is 0 Å². The summed E-state index contributed by atoms with van der Waals surface area (Å²) in [6, 6.07) is 13.8. The van der Waals surface area contributed by atoms with Crippen LogP contribution in [-0.2, 0) is 4.79 Å². The normalized spacial score (nSPS) is 11.2. The summed E-state index contributed by atoms with van der Waals surface area (Å²) in [5.74, 6) is 2.11. The number of thioether (sulfide) groups is 1. The molecule has 0 saturated heterocycles. The van der Waals surface area contributed by atoms with E-state index in [4.69, 9.17) is 9.47 Å². The first kappa shape index (κ1) is 19.4. The zero-order chi connectivity index (χ0) is 18.4. The van der Waals surface area contributed by atoms with E-state index in [9.17, 15) is 4.79 Å².